The molecule has 4 rings (SSSR count). The van der Waals surface area contributed by atoms with Crippen LogP contribution in [-0.2, 0) is 24.2 Å². The number of hydrogen-bond acceptors (Lipinski definition) is 6. The maximum atomic E-state index is 12.7. The number of benzene rings is 1. The zero-order valence-electron chi connectivity index (χ0n) is 16.7. The third-order valence-electron chi connectivity index (χ3n) is 4.88. The van der Waals surface area contributed by atoms with E-state index in [0.717, 1.165) is 41.1 Å². The Kier molecular flexibility index (Phi) is 6.54. The number of carbonyl (C=O) groups is 1. The molecule has 0 unspecified atom stereocenters. The SMILES string of the molecule is CCOc1ccc(NC(=O)CSc2nc(=O)n(Cc3cccs3)c3c2CCC3)cc1. The predicted molar refractivity (Wildman–Crippen MR) is 121 cm³/mol. The fourth-order valence-electron chi connectivity index (χ4n) is 3.56. The van der Waals surface area contributed by atoms with Gasteiger partial charge in [0.15, 0.2) is 0 Å². The number of hydrogen-bond donors (Lipinski definition) is 1. The maximum Gasteiger partial charge on any atom is 0.349 e. The van der Waals surface area contributed by atoms with Crippen molar-refractivity contribution in [3.8, 4) is 5.75 Å². The molecule has 30 heavy (non-hydrogen) atoms. The second kappa shape index (κ2) is 9.49. The second-order valence-electron chi connectivity index (χ2n) is 6.94. The summed E-state index contributed by atoms with van der Waals surface area (Å²) in [7, 11) is 0. The molecule has 0 saturated carbocycles. The zero-order valence-corrected chi connectivity index (χ0v) is 18.4. The van der Waals surface area contributed by atoms with Gasteiger partial charge in [-0.2, -0.15) is 4.98 Å². The van der Waals surface area contributed by atoms with E-state index in [1.165, 1.54) is 11.8 Å². The van der Waals surface area contributed by atoms with Crippen LogP contribution in [0.5, 0.6) is 5.75 Å². The van der Waals surface area contributed by atoms with E-state index in [0.29, 0.717) is 23.9 Å². The summed E-state index contributed by atoms with van der Waals surface area (Å²) in [6.07, 6.45) is 2.79. The van der Waals surface area contributed by atoms with Crippen LogP contribution < -0.4 is 15.7 Å². The average molecular weight is 442 g/mol. The number of carbonyl (C=O) groups excluding carboxylic acids is 1. The van der Waals surface area contributed by atoms with E-state index in [1.54, 1.807) is 15.9 Å². The molecule has 0 radical (unpaired) electrons. The van der Waals surface area contributed by atoms with E-state index in [-0.39, 0.29) is 17.3 Å². The van der Waals surface area contributed by atoms with Crippen molar-refractivity contribution < 1.29 is 9.53 Å². The molecule has 1 aliphatic carbocycles. The van der Waals surface area contributed by atoms with Gasteiger partial charge in [-0.05, 0) is 61.9 Å². The standard InChI is InChI=1S/C22H23N3O3S2/c1-2-28-16-10-8-15(9-11-16)23-20(26)14-30-21-18-6-3-7-19(18)25(22(27)24-21)13-17-5-4-12-29-17/h4-5,8-12H,2-3,6-7,13-14H2,1H3,(H,23,26). The highest BCUT2D eigenvalue weighted by atomic mass is 32.2. The van der Waals surface area contributed by atoms with Crippen LogP contribution in [0, 0.1) is 0 Å². The van der Waals surface area contributed by atoms with Crippen LogP contribution in [0.15, 0.2) is 51.6 Å². The lowest BCUT2D eigenvalue weighted by Gasteiger charge is -2.13. The monoisotopic (exact) mass is 441 g/mol. The Morgan fingerprint density at radius 2 is 2.10 bits per heavy atom. The van der Waals surface area contributed by atoms with Gasteiger partial charge >= 0.3 is 5.69 Å². The molecule has 0 fully saturated rings. The molecular weight excluding hydrogens is 418 g/mol. The molecule has 0 saturated heterocycles. The molecule has 2 heterocycles. The van der Waals surface area contributed by atoms with Crippen molar-refractivity contribution in [1.29, 1.82) is 0 Å². The summed E-state index contributed by atoms with van der Waals surface area (Å²) in [4.78, 5) is 30.5. The van der Waals surface area contributed by atoms with E-state index in [9.17, 15) is 9.59 Å². The summed E-state index contributed by atoms with van der Waals surface area (Å²) in [5, 5.41) is 5.59. The smallest absolute Gasteiger partial charge is 0.349 e. The first-order valence-electron chi connectivity index (χ1n) is 9.94. The van der Waals surface area contributed by atoms with E-state index >= 15 is 0 Å². The number of anilines is 1. The molecule has 1 aliphatic rings. The molecular formula is C22H23N3O3S2. The van der Waals surface area contributed by atoms with Crippen molar-refractivity contribution in [2.24, 2.45) is 0 Å². The Balaban J connectivity index is 1.43. The number of nitrogens with zero attached hydrogens (tertiary/aromatic N) is 2. The minimum absolute atomic E-state index is 0.125. The number of amides is 1. The third kappa shape index (κ3) is 4.76. The van der Waals surface area contributed by atoms with E-state index in [2.05, 4.69) is 10.3 Å². The van der Waals surface area contributed by atoms with Gasteiger partial charge in [0.25, 0.3) is 0 Å². The molecule has 1 amide bonds. The molecule has 1 aromatic carbocycles. The Labute approximate surface area is 183 Å². The van der Waals surface area contributed by atoms with Crippen molar-refractivity contribution in [2.75, 3.05) is 17.7 Å². The van der Waals surface area contributed by atoms with Crippen LogP contribution in [0.25, 0.3) is 0 Å². The largest absolute Gasteiger partial charge is 0.494 e. The van der Waals surface area contributed by atoms with Crippen LogP contribution in [0.3, 0.4) is 0 Å². The van der Waals surface area contributed by atoms with Crippen LogP contribution >= 0.6 is 23.1 Å². The fraction of sp³-hybridized carbons (Fsp3) is 0.318. The normalized spacial score (nSPS) is 12.6. The molecule has 156 valence electrons. The number of rotatable bonds is 8. The van der Waals surface area contributed by atoms with E-state index < -0.39 is 0 Å². The molecule has 3 aromatic rings. The van der Waals surface area contributed by atoms with Gasteiger partial charge in [-0.1, -0.05) is 17.8 Å². The van der Waals surface area contributed by atoms with Gasteiger partial charge in [0.2, 0.25) is 5.91 Å². The van der Waals surface area contributed by atoms with Crippen molar-refractivity contribution in [3.05, 3.63) is 68.4 Å². The summed E-state index contributed by atoms with van der Waals surface area (Å²) in [6.45, 7) is 3.10. The molecule has 0 bridgehead atoms. The van der Waals surface area contributed by atoms with E-state index in [1.807, 2.05) is 48.7 Å². The Bertz CT molecular complexity index is 1080. The number of nitrogens with one attached hydrogen (secondary N) is 1. The highest BCUT2D eigenvalue weighted by Gasteiger charge is 2.22. The van der Waals surface area contributed by atoms with Crippen LogP contribution in [-0.4, -0.2) is 27.8 Å². The molecule has 1 N–H and O–H groups in total. The van der Waals surface area contributed by atoms with Gasteiger partial charge < -0.3 is 10.1 Å². The molecule has 8 heteroatoms. The lowest BCUT2D eigenvalue weighted by Crippen LogP contribution is -2.27. The lowest BCUT2D eigenvalue weighted by molar-refractivity contribution is -0.113. The number of fused-ring (bicyclic) bond motifs is 1. The summed E-state index contributed by atoms with van der Waals surface area (Å²) >= 11 is 2.98. The quantitative estimate of drug-likeness (QED) is 0.423. The minimum Gasteiger partial charge on any atom is -0.494 e. The first-order valence-corrected chi connectivity index (χ1v) is 11.8. The van der Waals surface area contributed by atoms with Gasteiger partial charge in [-0.25, -0.2) is 4.79 Å². The van der Waals surface area contributed by atoms with Gasteiger partial charge in [0, 0.05) is 21.8 Å². The van der Waals surface area contributed by atoms with Crippen LogP contribution in [0.4, 0.5) is 5.69 Å². The third-order valence-corrected chi connectivity index (χ3v) is 6.76. The number of ether oxygens (including phenoxy) is 1. The lowest BCUT2D eigenvalue weighted by atomic mass is 10.2. The Morgan fingerprint density at radius 1 is 1.27 bits per heavy atom. The Hall–Kier alpha value is -2.58. The Morgan fingerprint density at radius 3 is 2.83 bits per heavy atom. The number of thiophene rings is 1. The van der Waals surface area contributed by atoms with E-state index in [4.69, 9.17) is 4.74 Å². The van der Waals surface area contributed by atoms with Gasteiger partial charge in [-0.15, -0.1) is 11.3 Å². The summed E-state index contributed by atoms with van der Waals surface area (Å²) < 4.78 is 7.20. The first kappa shape index (κ1) is 20.7. The highest BCUT2D eigenvalue weighted by molar-refractivity contribution is 8.00. The highest BCUT2D eigenvalue weighted by Crippen LogP contribution is 2.30. The van der Waals surface area contributed by atoms with Gasteiger partial charge in [-0.3, -0.25) is 9.36 Å². The maximum absolute atomic E-state index is 12.7. The summed E-state index contributed by atoms with van der Waals surface area (Å²) in [5.74, 6) is 0.856. The van der Waals surface area contributed by atoms with Crippen molar-refractivity contribution >= 4 is 34.7 Å². The molecule has 0 spiro atoms. The average Bonchev–Trinajstić information content (AvgIpc) is 3.42. The molecule has 2 aromatic heterocycles. The van der Waals surface area contributed by atoms with Crippen molar-refractivity contribution in [2.45, 2.75) is 37.8 Å². The van der Waals surface area contributed by atoms with Crippen molar-refractivity contribution in [1.82, 2.24) is 9.55 Å². The minimum atomic E-state index is -0.238. The summed E-state index contributed by atoms with van der Waals surface area (Å²) in [6, 6.07) is 11.3. The second-order valence-corrected chi connectivity index (χ2v) is 8.93. The fourth-order valence-corrected chi connectivity index (χ4v) is 5.13. The molecule has 0 atom stereocenters. The first-order chi connectivity index (χ1) is 14.6. The molecule has 6 nitrogen and oxygen atoms in total. The predicted octanol–water partition coefficient (Wildman–Crippen LogP) is 3.97. The zero-order chi connectivity index (χ0) is 20.9. The number of thioether (sulfide) groups is 1. The number of aromatic nitrogens is 2. The van der Waals surface area contributed by atoms with Gasteiger partial charge in [0.05, 0.1) is 18.9 Å². The molecule has 0 aliphatic heterocycles. The topological polar surface area (TPSA) is 73.2 Å². The summed E-state index contributed by atoms with van der Waals surface area (Å²) in [5.41, 5.74) is 2.66. The van der Waals surface area contributed by atoms with Crippen LogP contribution in [0.1, 0.15) is 29.5 Å². The van der Waals surface area contributed by atoms with Gasteiger partial charge in [0.1, 0.15) is 10.8 Å². The van der Waals surface area contributed by atoms with Crippen LogP contribution in [0.2, 0.25) is 0 Å². The van der Waals surface area contributed by atoms with Crippen molar-refractivity contribution in [3.63, 3.8) is 0 Å².